The first kappa shape index (κ1) is 9.83. The number of aliphatic imine (C=N–C) groups is 1. The summed E-state index contributed by atoms with van der Waals surface area (Å²) in [4.78, 5) is 14.6. The van der Waals surface area contributed by atoms with Crippen LogP contribution >= 0.6 is 0 Å². The Morgan fingerprint density at radius 1 is 1.38 bits per heavy atom. The van der Waals surface area contributed by atoms with Gasteiger partial charge in [0.2, 0.25) is 0 Å². The third-order valence-corrected chi connectivity index (χ3v) is 1.99. The molecule has 1 saturated carbocycles. The second kappa shape index (κ2) is 4.69. The lowest BCUT2D eigenvalue weighted by molar-refractivity contribution is -0.146. The van der Waals surface area contributed by atoms with E-state index in [9.17, 15) is 4.79 Å². The second-order valence-electron chi connectivity index (χ2n) is 3.14. The van der Waals surface area contributed by atoms with Crippen LogP contribution in [0.3, 0.4) is 0 Å². The molecule has 0 unspecified atom stereocenters. The molecule has 0 aromatic carbocycles. The molecule has 0 aromatic heterocycles. The average Bonchev–Trinajstić information content (AvgIpc) is 2.53. The molecule has 0 aliphatic heterocycles. The largest absolute Gasteiger partial charge is 0.461 e. The SMILES string of the molecule is NC(N)=NCC(=O)OC1CCCC1. The lowest BCUT2D eigenvalue weighted by Gasteiger charge is -2.09. The second-order valence-corrected chi connectivity index (χ2v) is 3.14. The molecule has 5 nitrogen and oxygen atoms in total. The van der Waals surface area contributed by atoms with Gasteiger partial charge in [-0.1, -0.05) is 0 Å². The summed E-state index contributed by atoms with van der Waals surface area (Å²) in [5, 5.41) is 0. The maximum Gasteiger partial charge on any atom is 0.328 e. The lowest BCUT2D eigenvalue weighted by atomic mass is 10.3. The Morgan fingerprint density at radius 2 is 2.00 bits per heavy atom. The van der Waals surface area contributed by atoms with Gasteiger partial charge in [-0.2, -0.15) is 0 Å². The topological polar surface area (TPSA) is 90.7 Å². The van der Waals surface area contributed by atoms with Crippen molar-refractivity contribution in [2.45, 2.75) is 31.8 Å². The lowest BCUT2D eigenvalue weighted by Crippen LogP contribution is -2.25. The van der Waals surface area contributed by atoms with E-state index in [1.165, 1.54) is 0 Å². The number of rotatable bonds is 3. The smallest absolute Gasteiger partial charge is 0.328 e. The third-order valence-electron chi connectivity index (χ3n) is 1.99. The van der Waals surface area contributed by atoms with Gasteiger partial charge in [0.1, 0.15) is 12.6 Å². The van der Waals surface area contributed by atoms with E-state index < -0.39 is 0 Å². The van der Waals surface area contributed by atoms with Crippen LogP contribution in [-0.2, 0) is 9.53 Å². The minimum absolute atomic E-state index is 0.0706. The molecule has 1 fully saturated rings. The van der Waals surface area contributed by atoms with Crippen LogP contribution in [0.25, 0.3) is 0 Å². The zero-order valence-corrected chi connectivity index (χ0v) is 7.53. The van der Waals surface area contributed by atoms with Gasteiger partial charge in [0.05, 0.1) is 0 Å². The molecule has 0 radical (unpaired) electrons. The van der Waals surface area contributed by atoms with Crippen molar-refractivity contribution in [3.05, 3.63) is 0 Å². The molecule has 1 aliphatic carbocycles. The number of guanidine groups is 1. The fourth-order valence-corrected chi connectivity index (χ4v) is 1.39. The van der Waals surface area contributed by atoms with Gasteiger partial charge in [0.25, 0.3) is 0 Å². The van der Waals surface area contributed by atoms with Gasteiger partial charge in [0.15, 0.2) is 5.96 Å². The van der Waals surface area contributed by atoms with E-state index in [1.807, 2.05) is 0 Å². The molecular formula is C8H15N3O2. The van der Waals surface area contributed by atoms with Crippen LogP contribution in [-0.4, -0.2) is 24.6 Å². The predicted molar refractivity (Wildman–Crippen MR) is 49.0 cm³/mol. The van der Waals surface area contributed by atoms with Gasteiger partial charge in [-0.25, -0.2) is 4.99 Å². The van der Waals surface area contributed by atoms with E-state index in [-0.39, 0.29) is 24.6 Å². The highest BCUT2D eigenvalue weighted by molar-refractivity contribution is 5.80. The van der Waals surface area contributed by atoms with Crippen LogP contribution in [0.2, 0.25) is 0 Å². The van der Waals surface area contributed by atoms with Crippen LogP contribution < -0.4 is 11.5 Å². The quantitative estimate of drug-likeness (QED) is 0.360. The molecule has 4 N–H and O–H groups in total. The van der Waals surface area contributed by atoms with Crippen LogP contribution in [0.5, 0.6) is 0 Å². The van der Waals surface area contributed by atoms with Crippen LogP contribution in [0.4, 0.5) is 0 Å². The number of carbonyl (C=O) groups is 1. The van der Waals surface area contributed by atoms with Crippen molar-refractivity contribution < 1.29 is 9.53 Å². The Kier molecular flexibility index (Phi) is 3.54. The monoisotopic (exact) mass is 185 g/mol. The molecule has 1 rings (SSSR count). The normalized spacial score (nSPS) is 16.9. The Hall–Kier alpha value is -1.26. The molecule has 1 aliphatic rings. The summed E-state index contributed by atoms with van der Waals surface area (Å²) in [7, 11) is 0. The van der Waals surface area contributed by atoms with E-state index in [0.29, 0.717) is 0 Å². The summed E-state index contributed by atoms with van der Waals surface area (Å²) in [5.74, 6) is -0.427. The first-order valence-corrected chi connectivity index (χ1v) is 4.43. The van der Waals surface area contributed by atoms with E-state index in [1.54, 1.807) is 0 Å². The zero-order chi connectivity index (χ0) is 9.68. The summed E-state index contributed by atoms with van der Waals surface area (Å²) in [6.45, 7) is -0.0706. The number of nitrogens with zero attached hydrogens (tertiary/aromatic N) is 1. The summed E-state index contributed by atoms with van der Waals surface area (Å²) in [6.07, 6.45) is 4.29. The average molecular weight is 185 g/mol. The van der Waals surface area contributed by atoms with Gasteiger partial charge in [-0.15, -0.1) is 0 Å². The van der Waals surface area contributed by atoms with Gasteiger partial charge in [0, 0.05) is 0 Å². The van der Waals surface area contributed by atoms with E-state index in [2.05, 4.69) is 4.99 Å². The van der Waals surface area contributed by atoms with Crippen molar-refractivity contribution in [3.63, 3.8) is 0 Å². The molecule has 0 bridgehead atoms. The van der Waals surface area contributed by atoms with Crippen molar-refractivity contribution in [1.29, 1.82) is 0 Å². The summed E-state index contributed by atoms with van der Waals surface area (Å²) >= 11 is 0. The standard InChI is InChI=1S/C8H15N3O2/c9-8(10)11-5-7(12)13-6-3-1-2-4-6/h6H,1-5H2,(H4,9,10,11). The van der Waals surface area contributed by atoms with Gasteiger partial charge < -0.3 is 16.2 Å². The Labute approximate surface area is 77.1 Å². The predicted octanol–water partition coefficient (Wildman–Crippen LogP) is -0.254. The molecule has 0 aromatic rings. The molecule has 74 valence electrons. The Morgan fingerprint density at radius 3 is 2.54 bits per heavy atom. The number of nitrogens with two attached hydrogens (primary N) is 2. The number of esters is 1. The fraction of sp³-hybridized carbons (Fsp3) is 0.750. The first-order valence-electron chi connectivity index (χ1n) is 4.43. The highest BCUT2D eigenvalue weighted by Crippen LogP contribution is 2.20. The van der Waals surface area contributed by atoms with Gasteiger partial charge in [-0.3, -0.25) is 4.79 Å². The minimum Gasteiger partial charge on any atom is -0.461 e. The molecule has 0 amide bonds. The molecule has 0 atom stereocenters. The minimum atomic E-state index is -0.347. The summed E-state index contributed by atoms with van der Waals surface area (Å²) in [6, 6.07) is 0. The van der Waals surface area contributed by atoms with Crippen molar-refractivity contribution >= 4 is 11.9 Å². The number of ether oxygens (including phenoxy) is 1. The molecule has 0 heterocycles. The molecular weight excluding hydrogens is 170 g/mol. The van der Waals surface area contributed by atoms with E-state index in [0.717, 1.165) is 25.7 Å². The highest BCUT2D eigenvalue weighted by Gasteiger charge is 2.18. The maximum absolute atomic E-state index is 11.1. The number of hydrogen-bond donors (Lipinski definition) is 2. The third kappa shape index (κ3) is 3.78. The number of hydrogen-bond acceptors (Lipinski definition) is 3. The Balaban J connectivity index is 2.20. The molecule has 0 saturated heterocycles. The van der Waals surface area contributed by atoms with Gasteiger partial charge in [-0.05, 0) is 25.7 Å². The van der Waals surface area contributed by atoms with Crippen LogP contribution in [0.15, 0.2) is 4.99 Å². The summed E-state index contributed by atoms with van der Waals surface area (Å²) < 4.78 is 5.10. The van der Waals surface area contributed by atoms with Crippen molar-refractivity contribution in [2.24, 2.45) is 16.5 Å². The van der Waals surface area contributed by atoms with Crippen LogP contribution in [0, 0.1) is 0 Å². The van der Waals surface area contributed by atoms with Crippen molar-refractivity contribution in [3.8, 4) is 0 Å². The van der Waals surface area contributed by atoms with Gasteiger partial charge >= 0.3 is 5.97 Å². The van der Waals surface area contributed by atoms with E-state index in [4.69, 9.17) is 16.2 Å². The summed E-state index contributed by atoms with van der Waals surface area (Å²) in [5.41, 5.74) is 10.1. The molecule has 5 heteroatoms. The van der Waals surface area contributed by atoms with E-state index >= 15 is 0 Å². The fourth-order valence-electron chi connectivity index (χ4n) is 1.39. The van der Waals surface area contributed by atoms with Crippen LogP contribution in [0.1, 0.15) is 25.7 Å². The molecule has 0 spiro atoms. The maximum atomic E-state index is 11.1. The number of carbonyl (C=O) groups excluding carboxylic acids is 1. The van der Waals surface area contributed by atoms with Crippen molar-refractivity contribution in [2.75, 3.05) is 6.54 Å². The zero-order valence-electron chi connectivity index (χ0n) is 7.53. The molecule has 13 heavy (non-hydrogen) atoms. The first-order chi connectivity index (χ1) is 6.18. The Bertz CT molecular complexity index is 205. The van der Waals surface area contributed by atoms with Crippen molar-refractivity contribution in [1.82, 2.24) is 0 Å². The highest BCUT2D eigenvalue weighted by atomic mass is 16.5.